The summed E-state index contributed by atoms with van der Waals surface area (Å²) in [5.41, 5.74) is 8.90. The molecule has 18 heavy (non-hydrogen) atoms. The van der Waals surface area contributed by atoms with Crippen LogP contribution in [0.5, 0.6) is 0 Å². The Bertz CT molecular complexity index is 559. The van der Waals surface area contributed by atoms with Gasteiger partial charge in [-0.15, -0.1) is 0 Å². The van der Waals surface area contributed by atoms with Crippen molar-refractivity contribution in [3.8, 4) is 11.3 Å². The van der Waals surface area contributed by atoms with E-state index in [-0.39, 0.29) is 0 Å². The second-order valence-corrected chi connectivity index (χ2v) is 4.54. The average molecular weight is 240 g/mol. The lowest BCUT2D eigenvalue weighted by molar-refractivity contribution is 0.100. The van der Waals surface area contributed by atoms with Crippen molar-refractivity contribution < 1.29 is 4.79 Å². The molecule has 0 aliphatic heterocycles. The lowest BCUT2D eigenvalue weighted by Gasteiger charge is -2.11. The van der Waals surface area contributed by atoms with E-state index in [1.165, 1.54) is 5.56 Å². The Morgan fingerprint density at radius 3 is 2.39 bits per heavy atom. The summed E-state index contributed by atoms with van der Waals surface area (Å²) in [7, 11) is 0. The summed E-state index contributed by atoms with van der Waals surface area (Å²) in [6.45, 7) is 4.27. The van der Waals surface area contributed by atoms with Crippen LogP contribution in [-0.4, -0.2) is 10.9 Å². The van der Waals surface area contributed by atoms with Gasteiger partial charge in [-0.05, 0) is 29.7 Å². The number of nitrogens with two attached hydrogens (primary N) is 1. The minimum Gasteiger partial charge on any atom is -0.366 e. The van der Waals surface area contributed by atoms with Gasteiger partial charge in [0.2, 0.25) is 5.91 Å². The second kappa shape index (κ2) is 5.00. The van der Waals surface area contributed by atoms with Crippen molar-refractivity contribution in [2.24, 2.45) is 5.73 Å². The van der Waals surface area contributed by atoms with Crippen LogP contribution in [0, 0.1) is 0 Å². The largest absolute Gasteiger partial charge is 0.366 e. The topological polar surface area (TPSA) is 56.0 Å². The smallest absolute Gasteiger partial charge is 0.248 e. The maximum Gasteiger partial charge on any atom is 0.248 e. The standard InChI is InChI=1S/C15H16N2O/c1-10(2)13-4-3-9-17-14(13)11-5-7-12(8-6-11)15(16)18/h3-10H,1-2H3,(H2,16,18). The molecular weight excluding hydrogens is 224 g/mol. The molecule has 1 aromatic heterocycles. The van der Waals surface area contributed by atoms with Gasteiger partial charge in [0.25, 0.3) is 0 Å². The monoisotopic (exact) mass is 240 g/mol. The zero-order valence-electron chi connectivity index (χ0n) is 10.6. The van der Waals surface area contributed by atoms with Crippen LogP contribution in [0.25, 0.3) is 11.3 Å². The highest BCUT2D eigenvalue weighted by atomic mass is 16.1. The first-order valence-corrected chi connectivity index (χ1v) is 5.94. The van der Waals surface area contributed by atoms with E-state index in [0.29, 0.717) is 11.5 Å². The van der Waals surface area contributed by atoms with Crippen molar-refractivity contribution >= 4 is 5.91 Å². The summed E-state index contributed by atoms with van der Waals surface area (Å²) in [6.07, 6.45) is 1.78. The van der Waals surface area contributed by atoms with Gasteiger partial charge in [-0.1, -0.05) is 32.0 Å². The third-order valence-electron chi connectivity index (χ3n) is 2.90. The predicted octanol–water partition coefficient (Wildman–Crippen LogP) is 2.97. The number of hydrogen-bond acceptors (Lipinski definition) is 2. The van der Waals surface area contributed by atoms with Gasteiger partial charge in [0, 0.05) is 17.3 Å². The van der Waals surface area contributed by atoms with Crippen LogP contribution in [-0.2, 0) is 0 Å². The molecular formula is C15H16N2O. The molecule has 1 aromatic carbocycles. The summed E-state index contributed by atoms with van der Waals surface area (Å²) >= 11 is 0. The molecule has 0 saturated carbocycles. The number of rotatable bonds is 3. The molecule has 0 fully saturated rings. The molecule has 0 bridgehead atoms. The molecule has 0 atom stereocenters. The Kier molecular flexibility index (Phi) is 3.42. The molecule has 0 aliphatic carbocycles. The molecule has 1 amide bonds. The minimum absolute atomic E-state index is 0.407. The molecule has 3 heteroatoms. The molecule has 0 unspecified atom stereocenters. The quantitative estimate of drug-likeness (QED) is 0.896. The zero-order chi connectivity index (χ0) is 13.1. The molecule has 2 rings (SSSR count). The van der Waals surface area contributed by atoms with Gasteiger partial charge in [0.15, 0.2) is 0 Å². The molecule has 2 N–H and O–H groups in total. The Hall–Kier alpha value is -2.16. The fraction of sp³-hybridized carbons (Fsp3) is 0.200. The highest BCUT2D eigenvalue weighted by molar-refractivity contribution is 5.93. The van der Waals surface area contributed by atoms with Crippen LogP contribution in [0.3, 0.4) is 0 Å². The summed E-state index contributed by atoms with van der Waals surface area (Å²) in [4.78, 5) is 15.5. The molecule has 0 saturated heterocycles. The molecule has 0 aliphatic rings. The third kappa shape index (κ3) is 2.40. The number of carbonyl (C=O) groups is 1. The summed E-state index contributed by atoms with van der Waals surface area (Å²) < 4.78 is 0. The van der Waals surface area contributed by atoms with Gasteiger partial charge in [-0.3, -0.25) is 9.78 Å². The fourth-order valence-electron chi connectivity index (χ4n) is 1.92. The number of nitrogens with zero attached hydrogens (tertiary/aromatic N) is 1. The number of hydrogen-bond donors (Lipinski definition) is 1. The normalized spacial score (nSPS) is 10.6. The van der Waals surface area contributed by atoms with Gasteiger partial charge in [0.1, 0.15) is 0 Å². The van der Waals surface area contributed by atoms with Crippen LogP contribution in [0.4, 0.5) is 0 Å². The van der Waals surface area contributed by atoms with Gasteiger partial charge in [-0.2, -0.15) is 0 Å². The Morgan fingerprint density at radius 2 is 1.83 bits per heavy atom. The van der Waals surface area contributed by atoms with E-state index in [9.17, 15) is 4.79 Å². The van der Waals surface area contributed by atoms with E-state index in [0.717, 1.165) is 11.3 Å². The van der Waals surface area contributed by atoms with Crippen molar-refractivity contribution in [1.82, 2.24) is 4.98 Å². The molecule has 0 radical (unpaired) electrons. The van der Waals surface area contributed by atoms with Crippen molar-refractivity contribution in [3.63, 3.8) is 0 Å². The maximum atomic E-state index is 11.0. The van der Waals surface area contributed by atoms with E-state index in [1.807, 2.05) is 18.2 Å². The highest BCUT2D eigenvalue weighted by Gasteiger charge is 2.09. The molecule has 1 heterocycles. The van der Waals surface area contributed by atoms with Crippen LogP contribution in [0.2, 0.25) is 0 Å². The van der Waals surface area contributed by atoms with Crippen molar-refractivity contribution in [2.45, 2.75) is 19.8 Å². The van der Waals surface area contributed by atoms with Crippen LogP contribution >= 0.6 is 0 Å². The first kappa shape index (κ1) is 12.3. The lowest BCUT2D eigenvalue weighted by Crippen LogP contribution is -2.10. The van der Waals surface area contributed by atoms with Crippen molar-refractivity contribution in [3.05, 3.63) is 53.7 Å². The Morgan fingerprint density at radius 1 is 1.17 bits per heavy atom. The third-order valence-corrected chi connectivity index (χ3v) is 2.90. The first-order chi connectivity index (χ1) is 8.59. The minimum atomic E-state index is -0.411. The number of benzene rings is 1. The number of carbonyl (C=O) groups excluding carboxylic acids is 1. The highest BCUT2D eigenvalue weighted by Crippen LogP contribution is 2.26. The van der Waals surface area contributed by atoms with Gasteiger partial charge < -0.3 is 5.73 Å². The van der Waals surface area contributed by atoms with Gasteiger partial charge >= 0.3 is 0 Å². The van der Waals surface area contributed by atoms with E-state index >= 15 is 0 Å². The summed E-state index contributed by atoms with van der Waals surface area (Å²) in [5, 5.41) is 0. The molecule has 92 valence electrons. The number of primary amides is 1. The summed E-state index contributed by atoms with van der Waals surface area (Å²) in [5.74, 6) is -0.00355. The Labute approximate surface area is 107 Å². The first-order valence-electron chi connectivity index (χ1n) is 5.94. The van der Waals surface area contributed by atoms with Crippen LogP contribution in [0.15, 0.2) is 42.6 Å². The van der Waals surface area contributed by atoms with Crippen molar-refractivity contribution in [1.29, 1.82) is 0 Å². The van der Waals surface area contributed by atoms with Crippen molar-refractivity contribution in [2.75, 3.05) is 0 Å². The maximum absolute atomic E-state index is 11.0. The van der Waals surface area contributed by atoms with E-state index < -0.39 is 5.91 Å². The van der Waals surface area contributed by atoms with Crippen LogP contribution < -0.4 is 5.73 Å². The summed E-state index contributed by atoms with van der Waals surface area (Å²) in [6, 6.07) is 11.3. The molecule has 0 spiro atoms. The SMILES string of the molecule is CC(C)c1cccnc1-c1ccc(C(N)=O)cc1. The average Bonchev–Trinajstić information content (AvgIpc) is 2.39. The molecule has 3 nitrogen and oxygen atoms in total. The van der Waals surface area contributed by atoms with Gasteiger partial charge in [0.05, 0.1) is 5.69 Å². The second-order valence-electron chi connectivity index (χ2n) is 4.54. The zero-order valence-corrected chi connectivity index (χ0v) is 10.6. The van der Waals surface area contributed by atoms with Gasteiger partial charge in [-0.25, -0.2) is 0 Å². The predicted molar refractivity (Wildman–Crippen MR) is 72.3 cm³/mol. The van der Waals surface area contributed by atoms with E-state index in [1.54, 1.807) is 18.3 Å². The number of pyridine rings is 1. The lowest BCUT2D eigenvalue weighted by atomic mass is 9.97. The Balaban J connectivity index is 2.46. The fourth-order valence-corrected chi connectivity index (χ4v) is 1.92. The number of amides is 1. The molecule has 2 aromatic rings. The van der Waals surface area contributed by atoms with E-state index in [2.05, 4.69) is 24.9 Å². The number of aromatic nitrogens is 1. The van der Waals surface area contributed by atoms with E-state index in [4.69, 9.17) is 5.73 Å². The van der Waals surface area contributed by atoms with Crippen LogP contribution in [0.1, 0.15) is 35.7 Å².